The molecule has 0 aliphatic carbocycles. The zero-order valence-electron chi connectivity index (χ0n) is 15.4. The van der Waals surface area contributed by atoms with Gasteiger partial charge in [0.25, 0.3) is 5.91 Å². The van der Waals surface area contributed by atoms with Crippen molar-refractivity contribution in [2.75, 3.05) is 7.11 Å². The summed E-state index contributed by atoms with van der Waals surface area (Å²) in [5.41, 5.74) is 6.07. The molecule has 0 aliphatic rings. The van der Waals surface area contributed by atoms with Gasteiger partial charge >= 0.3 is 0 Å². The molecule has 2 heterocycles. The van der Waals surface area contributed by atoms with E-state index in [1.54, 1.807) is 13.3 Å². The second kappa shape index (κ2) is 7.66. The van der Waals surface area contributed by atoms with E-state index in [4.69, 9.17) is 4.74 Å². The zero-order chi connectivity index (χ0) is 19.5. The molecule has 0 aliphatic heterocycles. The first-order valence-corrected chi connectivity index (χ1v) is 9.49. The lowest BCUT2D eigenvalue weighted by Gasteiger charge is -2.04. The third-order valence-corrected chi connectivity index (χ3v) is 5.49. The van der Waals surface area contributed by atoms with Gasteiger partial charge < -0.3 is 9.72 Å². The minimum absolute atomic E-state index is 0.282. The Balaban J connectivity index is 1.51. The van der Waals surface area contributed by atoms with Crippen LogP contribution in [-0.4, -0.2) is 29.2 Å². The Morgan fingerprint density at radius 3 is 2.96 bits per heavy atom. The SMILES string of the molecule is COc1ccccc1-c1nc(C)c(C(=O)N/N=C/c2ccc3[nH]ccc3c2)s1. The molecule has 2 aromatic carbocycles. The number of rotatable bonds is 5. The van der Waals surface area contributed by atoms with Crippen LogP contribution >= 0.6 is 11.3 Å². The number of aromatic amines is 1. The second-order valence-corrected chi connectivity index (χ2v) is 7.16. The number of aromatic nitrogens is 2. The van der Waals surface area contributed by atoms with Crippen LogP contribution in [0.1, 0.15) is 20.9 Å². The van der Waals surface area contributed by atoms with E-state index in [0.717, 1.165) is 32.8 Å². The summed E-state index contributed by atoms with van der Waals surface area (Å²) in [6.45, 7) is 1.81. The molecule has 28 heavy (non-hydrogen) atoms. The van der Waals surface area contributed by atoms with E-state index in [1.165, 1.54) is 11.3 Å². The molecule has 0 bridgehead atoms. The number of para-hydroxylation sites is 1. The Hall–Kier alpha value is -3.45. The van der Waals surface area contributed by atoms with Crippen LogP contribution in [0.15, 0.2) is 59.8 Å². The Morgan fingerprint density at radius 1 is 1.25 bits per heavy atom. The summed E-state index contributed by atoms with van der Waals surface area (Å²) in [5, 5.41) is 5.92. The van der Waals surface area contributed by atoms with Crippen LogP contribution in [0.2, 0.25) is 0 Å². The average molecular weight is 390 g/mol. The van der Waals surface area contributed by atoms with Gasteiger partial charge in [-0.3, -0.25) is 4.79 Å². The van der Waals surface area contributed by atoms with Crippen LogP contribution in [0.25, 0.3) is 21.5 Å². The van der Waals surface area contributed by atoms with Gasteiger partial charge in [-0.25, -0.2) is 10.4 Å². The first kappa shape index (κ1) is 17.9. The smallest absolute Gasteiger partial charge is 0.283 e. The lowest BCUT2D eigenvalue weighted by molar-refractivity contribution is 0.0958. The predicted molar refractivity (Wildman–Crippen MR) is 112 cm³/mol. The first-order chi connectivity index (χ1) is 13.7. The lowest BCUT2D eigenvalue weighted by atomic mass is 10.2. The number of aryl methyl sites for hydroxylation is 1. The van der Waals surface area contributed by atoms with E-state index in [-0.39, 0.29) is 5.91 Å². The Morgan fingerprint density at radius 2 is 2.11 bits per heavy atom. The largest absolute Gasteiger partial charge is 0.496 e. The van der Waals surface area contributed by atoms with Crippen LogP contribution in [0.4, 0.5) is 0 Å². The molecule has 1 amide bonds. The maximum Gasteiger partial charge on any atom is 0.283 e. The molecular weight excluding hydrogens is 372 g/mol. The summed E-state index contributed by atoms with van der Waals surface area (Å²) in [6.07, 6.45) is 3.51. The zero-order valence-corrected chi connectivity index (χ0v) is 16.2. The molecule has 6 nitrogen and oxygen atoms in total. The van der Waals surface area contributed by atoms with Gasteiger partial charge in [-0.2, -0.15) is 5.10 Å². The van der Waals surface area contributed by atoms with Gasteiger partial charge in [0, 0.05) is 11.7 Å². The van der Waals surface area contributed by atoms with Crippen molar-refractivity contribution in [2.24, 2.45) is 5.10 Å². The molecule has 4 aromatic rings. The third kappa shape index (κ3) is 3.52. The second-order valence-electron chi connectivity index (χ2n) is 6.16. The molecule has 140 valence electrons. The van der Waals surface area contributed by atoms with E-state index in [1.807, 2.05) is 61.7 Å². The van der Waals surface area contributed by atoms with E-state index < -0.39 is 0 Å². The average Bonchev–Trinajstić information content (AvgIpc) is 3.33. The highest BCUT2D eigenvalue weighted by Gasteiger charge is 2.17. The van der Waals surface area contributed by atoms with Crippen molar-refractivity contribution in [3.05, 3.63) is 70.9 Å². The van der Waals surface area contributed by atoms with Gasteiger partial charge in [0.15, 0.2) is 0 Å². The fourth-order valence-corrected chi connectivity index (χ4v) is 3.90. The highest BCUT2D eigenvalue weighted by atomic mass is 32.1. The maximum absolute atomic E-state index is 12.5. The summed E-state index contributed by atoms with van der Waals surface area (Å²) in [7, 11) is 1.62. The first-order valence-electron chi connectivity index (χ1n) is 8.67. The summed E-state index contributed by atoms with van der Waals surface area (Å²) >= 11 is 1.32. The fourth-order valence-electron chi connectivity index (χ4n) is 2.91. The van der Waals surface area contributed by atoms with Gasteiger partial charge in [0.05, 0.1) is 24.6 Å². The van der Waals surface area contributed by atoms with Gasteiger partial charge in [0.2, 0.25) is 0 Å². The van der Waals surface area contributed by atoms with Crippen molar-refractivity contribution >= 4 is 34.4 Å². The van der Waals surface area contributed by atoms with Crippen LogP contribution < -0.4 is 10.2 Å². The van der Waals surface area contributed by atoms with Crippen molar-refractivity contribution in [2.45, 2.75) is 6.92 Å². The minimum atomic E-state index is -0.282. The molecule has 0 fully saturated rings. The van der Waals surface area contributed by atoms with Gasteiger partial charge in [-0.05, 0) is 48.2 Å². The number of ether oxygens (including phenoxy) is 1. The van der Waals surface area contributed by atoms with E-state index in [9.17, 15) is 4.79 Å². The number of nitrogens with one attached hydrogen (secondary N) is 2. The summed E-state index contributed by atoms with van der Waals surface area (Å²) < 4.78 is 5.39. The van der Waals surface area contributed by atoms with Gasteiger partial charge in [-0.1, -0.05) is 18.2 Å². The number of thiazole rings is 1. The topological polar surface area (TPSA) is 79.4 Å². The van der Waals surface area contributed by atoms with E-state index in [0.29, 0.717) is 10.6 Å². The molecule has 7 heteroatoms. The fraction of sp³-hybridized carbons (Fsp3) is 0.0952. The Kier molecular flexibility index (Phi) is 4.90. The number of carbonyl (C=O) groups is 1. The van der Waals surface area contributed by atoms with Crippen molar-refractivity contribution in [3.63, 3.8) is 0 Å². The number of H-pyrrole nitrogens is 1. The standard InChI is InChI=1S/C21H18N4O2S/c1-13-19(28-21(24-13)16-5-3-4-6-18(16)27-2)20(26)25-23-12-14-7-8-17-15(11-14)9-10-22-17/h3-12,22H,1-2H3,(H,25,26)/b23-12+. The van der Waals surface area contributed by atoms with E-state index >= 15 is 0 Å². The van der Waals surface area contributed by atoms with Gasteiger partial charge in [-0.15, -0.1) is 11.3 Å². The predicted octanol–water partition coefficient (Wildman–Crippen LogP) is 4.37. The molecule has 2 aromatic heterocycles. The van der Waals surface area contributed by atoms with Crippen molar-refractivity contribution < 1.29 is 9.53 Å². The number of hydrogen-bond donors (Lipinski definition) is 2. The minimum Gasteiger partial charge on any atom is -0.496 e. The van der Waals surface area contributed by atoms with Crippen LogP contribution in [0.5, 0.6) is 5.75 Å². The maximum atomic E-state index is 12.5. The molecule has 0 radical (unpaired) electrons. The lowest BCUT2D eigenvalue weighted by Crippen LogP contribution is -2.17. The number of fused-ring (bicyclic) bond motifs is 1. The normalized spacial score (nSPS) is 11.2. The Labute approximate surface area is 165 Å². The molecule has 0 atom stereocenters. The number of nitrogens with zero attached hydrogens (tertiary/aromatic N) is 2. The molecule has 0 spiro atoms. The van der Waals surface area contributed by atoms with Crippen LogP contribution in [0, 0.1) is 6.92 Å². The highest BCUT2D eigenvalue weighted by molar-refractivity contribution is 7.17. The molecule has 4 rings (SSSR count). The van der Waals surface area contributed by atoms with Crippen molar-refractivity contribution in [1.82, 2.24) is 15.4 Å². The summed E-state index contributed by atoms with van der Waals surface area (Å²) in [6, 6.07) is 15.5. The number of benzene rings is 2. The number of carbonyl (C=O) groups excluding carboxylic acids is 1. The van der Waals surface area contributed by atoms with Crippen molar-refractivity contribution in [3.8, 4) is 16.3 Å². The Bertz CT molecular complexity index is 1180. The number of hydrazone groups is 1. The van der Waals surface area contributed by atoms with Crippen LogP contribution in [0.3, 0.4) is 0 Å². The highest BCUT2D eigenvalue weighted by Crippen LogP contribution is 2.34. The molecule has 0 saturated heterocycles. The van der Waals surface area contributed by atoms with E-state index in [2.05, 4.69) is 20.5 Å². The van der Waals surface area contributed by atoms with Crippen molar-refractivity contribution in [1.29, 1.82) is 0 Å². The molecular formula is C21H18N4O2S. The monoisotopic (exact) mass is 390 g/mol. The summed E-state index contributed by atoms with van der Waals surface area (Å²) in [4.78, 5) is 20.7. The van der Waals surface area contributed by atoms with Gasteiger partial charge in [0.1, 0.15) is 15.6 Å². The molecule has 2 N–H and O–H groups in total. The number of amides is 1. The third-order valence-electron chi connectivity index (χ3n) is 4.30. The quantitative estimate of drug-likeness (QED) is 0.392. The number of methoxy groups -OCH3 is 1. The van der Waals surface area contributed by atoms with Crippen LogP contribution in [-0.2, 0) is 0 Å². The summed E-state index contributed by atoms with van der Waals surface area (Å²) in [5.74, 6) is 0.441. The molecule has 0 unspecified atom stereocenters. The number of hydrogen-bond acceptors (Lipinski definition) is 5. The molecule has 0 saturated carbocycles.